The Kier molecular flexibility index (Phi) is 3.27. The van der Waals surface area contributed by atoms with E-state index in [0.717, 1.165) is 5.75 Å². The second kappa shape index (κ2) is 4.86. The van der Waals surface area contributed by atoms with Gasteiger partial charge in [0.15, 0.2) is 5.69 Å². The van der Waals surface area contributed by atoms with Gasteiger partial charge in [-0.3, -0.25) is 4.40 Å². The Balaban J connectivity index is 2.38. The molecule has 0 amide bonds. The average molecular weight is 234 g/mol. The number of hydrogen-bond donors (Lipinski definition) is 0. The molecule has 0 spiro atoms. The van der Waals surface area contributed by atoms with E-state index in [1.54, 1.807) is 29.7 Å². The molecule has 0 aliphatic carbocycles. The minimum Gasteiger partial charge on any atom is -0.494 e. The van der Waals surface area contributed by atoms with Crippen molar-refractivity contribution in [1.82, 2.24) is 9.38 Å². The SMILES string of the molecule is CCOC(=O)c1cnc2cc(OCC)ccn12. The maximum Gasteiger partial charge on any atom is 0.356 e. The Hall–Kier alpha value is -2.04. The number of esters is 1. The highest BCUT2D eigenvalue weighted by Gasteiger charge is 2.13. The molecule has 0 N–H and O–H groups in total. The first-order valence-electron chi connectivity index (χ1n) is 5.53. The highest BCUT2D eigenvalue weighted by Crippen LogP contribution is 2.15. The Labute approximate surface area is 99.0 Å². The molecule has 5 heteroatoms. The van der Waals surface area contributed by atoms with Gasteiger partial charge in [-0.25, -0.2) is 9.78 Å². The lowest BCUT2D eigenvalue weighted by molar-refractivity contribution is 0.0518. The van der Waals surface area contributed by atoms with Gasteiger partial charge in [0, 0.05) is 12.3 Å². The van der Waals surface area contributed by atoms with Crippen LogP contribution in [0.25, 0.3) is 5.65 Å². The van der Waals surface area contributed by atoms with Crippen LogP contribution in [0.1, 0.15) is 24.3 Å². The van der Waals surface area contributed by atoms with Gasteiger partial charge < -0.3 is 9.47 Å². The van der Waals surface area contributed by atoms with Gasteiger partial charge in [-0.2, -0.15) is 0 Å². The van der Waals surface area contributed by atoms with Crippen molar-refractivity contribution < 1.29 is 14.3 Å². The zero-order valence-corrected chi connectivity index (χ0v) is 9.84. The zero-order chi connectivity index (χ0) is 12.3. The van der Waals surface area contributed by atoms with Crippen LogP contribution in [0.5, 0.6) is 5.75 Å². The first-order chi connectivity index (χ1) is 8.26. The molecule has 0 saturated heterocycles. The lowest BCUT2D eigenvalue weighted by Gasteiger charge is -2.04. The van der Waals surface area contributed by atoms with Crippen molar-refractivity contribution in [3.8, 4) is 5.75 Å². The largest absolute Gasteiger partial charge is 0.494 e. The van der Waals surface area contributed by atoms with Gasteiger partial charge in [-0.05, 0) is 19.9 Å². The fourth-order valence-electron chi connectivity index (χ4n) is 1.57. The maximum atomic E-state index is 11.6. The number of hydrogen-bond acceptors (Lipinski definition) is 4. The second-order valence-corrected chi connectivity index (χ2v) is 3.39. The summed E-state index contributed by atoms with van der Waals surface area (Å²) in [5.74, 6) is 0.366. The Morgan fingerprint density at radius 3 is 2.94 bits per heavy atom. The fraction of sp³-hybridized carbons (Fsp3) is 0.333. The number of carbonyl (C=O) groups is 1. The van der Waals surface area contributed by atoms with E-state index in [1.807, 2.05) is 6.92 Å². The Morgan fingerprint density at radius 1 is 1.41 bits per heavy atom. The molecule has 2 aromatic rings. The van der Waals surface area contributed by atoms with Gasteiger partial charge in [0.05, 0.1) is 19.4 Å². The summed E-state index contributed by atoms with van der Waals surface area (Å²) in [7, 11) is 0. The van der Waals surface area contributed by atoms with Crippen LogP contribution in [0.15, 0.2) is 24.5 Å². The first-order valence-corrected chi connectivity index (χ1v) is 5.53. The Morgan fingerprint density at radius 2 is 2.24 bits per heavy atom. The van der Waals surface area contributed by atoms with Crippen molar-refractivity contribution >= 4 is 11.6 Å². The molecule has 0 radical (unpaired) electrons. The molecular formula is C12H14N2O3. The van der Waals surface area contributed by atoms with E-state index in [1.165, 1.54) is 6.20 Å². The van der Waals surface area contributed by atoms with Crippen molar-refractivity contribution in [1.29, 1.82) is 0 Å². The number of aromatic nitrogens is 2. The predicted octanol–water partition coefficient (Wildman–Crippen LogP) is 1.91. The third kappa shape index (κ3) is 2.22. The number of fused-ring (bicyclic) bond motifs is 1. The fourth-order valence-corrected chi connectivity index (χ4v) is 1.57. The quantitative estimate of drug-likeness (QED) is 0.758. The van der Waals surface area contributed by atoms with Gasteiger partial charge in [0.2, 0.25) is 0 Å². The number of pyridine rings is 1. The monoisotopic (exact) mass is 234 g/mol. The van der Waals surface area contributed by atoms with Crippen LogP contribution >= 0.6 is 0 Å². The molecule has 2 heterocycles. The molecule has 90 valence electrons. The van der Waals surface area contributed by atoms with E-state index < -0.39 is 0 Å². The van der Waals surface area contributed by atoms with E-state index >= 15 is 0 Å². The van der Waals surface area contributed by atoms with Crippen LogP contribution in [-0.4, -0.2) is 28.6 Å². The smallest absolute Gasteiger partial charge is 0.356 e. The van der Waals surface area contributed by atoms with Crippen LogP contribution in [-0.2, 0) is 4.74 Å². The number of rotatable bonds is 4. The molecular weight excluding hydrogens is 220 g/mol. The number of nitrogens with zero attached hydrogens (tertiary/aromatic N) is 2. The van der Waals surface area contributed by atoms with Crippen molar-refractivity contribution in [2.24, 2.45) is 0 Å². The third-order valence-electron chi connectivity index (χ3n) is 2.28. The lowest BCUT2D eigenvalue weighted by Crippen LogP contribution is -2.07. The van der Waals surface area contributed by atoms with Crippen LogP contribution in [0.3, 0.4) is 0 Å². The molecule has 0 unspecified atom stereocenters. The second-order valence-electron chi connectivity index (χ2n) is 3.39. The summed E-state index contributed by atoms with van der Waals surface area (Å²) in [5.41, 5.74) is 1.09. The Bertz CT molecular complexity index is 534. The average Bonchev–Trinajstić information content (AvgIpc) is 2.73. The number of imidazole rings is 1. The molecule has 5 nitrogen and oxygen atoms in total. The molecule has 0 aromatic carbocycles. The van der Waals surface area contributed by atoms with Gasteiger partial charge in [-0.1, -0.05) is 0 Å². The van der Waals surface area contributed by atoms with E-state index in [9.17, 15) is 4.79 Å². The van der Waals surface area contributed by atoms with Crippen LogP contribution < -0.4 is 4.74 Å². The van der Waals surface area contributed by atoms with E-state index in [-0.39, 0.29) is 5.97 Å². The summed E-state index contributed by atoms with van der Waals surface area (Å²) in [6.07, 6.45) is 3.25. The lowest BCUT2D eigenvalue weighted by atomic mass is 10.4. The summed E-state index contributed by atoms with van der Waals surface area (Å²) < 4.78 is 12.0. The maximum absolute atomic E-state index is 11.6. The number of carbonyl (C=O) groups excluding carboxylic acids is 1. The summed E-state index contributed by atoms with van der Waals surface area (Å²) in [4.78, 5) is 15.8. The van der Waals surface area contributed by atoms with E-state index in [2.05, 4.69) is 4.98 Å². The first kappa shape index (κ1) is 11.4. The molecule has 2 aromatic heterocycles. The highest BCUT2D eigenvalue weighted by atomic mass is 16.5. The molecule has 0 atom stereocenters. The molecule has 2 rings (SSSR count). The molecule has 0 bridgehead atoms. The normalized spacial score (nSPS) is 10.5. The van der Waals surface area contributed by atoms with Crippen molar-refractivity contribution in [2.75, 3.05) is 13.2 Å². The minimum absolute atomic E-state index is 0.350. The highest BCUT2D eigenvalue weighted by molar-refractivity contribution is 5.88. The topological polar surface area (TPSA) is 52.8 Å². The molecule has 0 aliphatic heterocycles. The van der Waals surface area contributed by atoms with Crippen molar-refractivity contribution in [3.63, 3.8) is 0 Å². The molecule has 17 heavy (non-hydrogen) atoms. The van der Waals surface area contributed by atoms with Crippen LogP contribution in [0.2, 0.25) is 0 Å². The molecule has 0 aliphatic rings. The summed E-state index contributed by atoms with van der Waals surface area (Å²) in [6.45, 7) is 4.64. The number of ether oxygens (including phenoxy) is 2. The van der Waals surface area contributed by atoms with Gasteiger partial charge >= 0.3 is 5.97 Å². The van der Waals surface area contributed by atoms with E-state index in [4.69, 9.17) is 9.47 Å². The van der Waals surface area contributed by atoms with E-state index in [0.29, 0.717) is 24.6 Å². The summed E-state index contributed by atoms with van der Waals surface area (Å²) in [5, 5.41) is 0. The summed E-state index contributed by atoms with van der Waals surface area (Å²) in [6, 6.07) is 3.58. The molecule has 0 fully saturated rings. The predicted molar refractivity (Wildman–Crippen MR) is 62.3 cm³/mol. The van der Waals surface area contributed by atoms with Crippen molar-refractivity contribution in [3.05, 3.63) is 30.2 Å². The van der Waals surface area contributed by atoms with Crippen LogP contribution in [0.4, 0.5) is 0 Å². The minimum atomic E-state index is -0.371. The summed E-state index contributed by atoms with van der Waals surface area (Å²) >= 11 is 0. The van der Waals surface area contributed by atoms with Crippen molar-refractivity contribution in [2.45, 2.75) is 13.8 Å². The standard InChI is InChI=1S/C12H14N2O3/c1-3-16-9-5-6-14-10(12(15)17-4-2)8-13-11(14)7-9/h5-8H,3-4H2,1-2H3. The molecule has 0 saturated carbocycles. The van der Waals surface area contributed by atoms with Gasteiger partial charge in [0.25, 0.3) is 0 Å². The zero-order valence-electron chi connectivity index (χ0n) is 9.84. The van der Waals surface area contributed by atoms with Gasteiger partial charge in [0.1, 0.15) is 11.4 Å². The van der Waals surface area contributed by atoms with Crippen LogP contribution in [0, 0.1) is 0 Å². The third-order valence-corrected chi connectivity index (χ3v) is 2.28. The van der Waals surface area contributed by atoms with Gasteiger partial charge in [-0.15, -0.1) is 0 Å².